The Morgan fingerprint density at radius 3 is 1.68 bits per heavy atom. The van der Waals surface area contributed by atoms with Gasteiger partial charge < -0.3 is 32.4 Å². The van der Waals surface area contributed by atoms with E-state index in [4.69, 9.17) is 19.6 Å². The predicted molar refractivity (Wildman–Crippen MR) is 61.6 cm³/mol. The molecule has 1 aliphatic heterocycles. The summed E-state index contributed by atoms with van der Waals surface area (Å²) in [6, 6.07) is 0. The average Bonchev–Trinajstić information content (AvgIpc) is 2.62. The Balaban J connectivity index is -0.000000361. The molecule has 1 heterocycles. The maximum atomic E-state index is 11.0. The number of rotatable bonds is 5. The van der Waals surface area contributed by atoms with E-state index in [-0.39, 0.29) is 68.5 Å². The number of hydrogen-bond donors (Lipinski definition) is 5. The smallest absolute Gasteiger partial charge is 1.00 e. The maximum absolute atomic E-state index is 11.0. The molecule has 1 rings (SSSR count). The molecule has 1 aliphatic rings. The number of aliphatic hydroxyl groups is 1. The molecule has 0 aliphatic carbocycles. The van der Waals surface area contributed by atoms with Crippen LogP contribution in [-0.2, 0) is 9.13 Å². The topological polar surface area (TPSA) is 139 Å². The molecule has 106 valence electrons. The van der Waals surface area contributed by atoms with Crippen molar-refractivity contribution in [1.82, 2.24) is 4.90 Å². The van der Waals surface area contributed by atoms with E-state index in [9.17, 15) is 14.2 Å². The van der Waals surface area contributed by atoms with Crippen molar-refractivity contribution in [2.45, 2.75) is 24.3 Å². The van der Waals surface area contributed by atoms with Gasteiger partial charge in [-0.3, -0.25) is 9.13 Å². The van der Waals surface area contributed by atoms with Gasteiger partial charge >= 0.3 is 74.3 Å². The van der Waals surface area contributed by atoms with Gasteiger partial charge in [-0.05, 0) is 25.9 Å². The Morgan fingerprint density at radius 2 is 1.37 bits per heavy atom. The summed E-state index contributed by atoms with van der Waals surface area (Å²) < 4.78 is 22.1. The zero-order valence-corrected chi connectivity index (χ0v) is 16.9. The molecule has 5 N–H and O–H groups in total. The summed E-state index contributed by atoms with van der Waals surface area (Å²) in [5.74, 6) is 0. The Kier molecular flexibility index (Phi) is 10.8. The van der Waals surface area contributed by atoms with Crippen LogP contribution in [-0.4, -0.2) is 54.3 Å². The van der Waals surface area contributed by atoms with Crippen LogP contribution in [0.1, 0.15) is 22.1 Å². The van der Waals surface area contributed by atoms with Gasteiger partial charge in [0.15, 0.2) is 0 Å². The van der Waals surface area contributed by atoms with Crippen molar-refractivity contribution in [2.75, 3.05) is 19.6 Å². The first-order chi connectivity index (χ1) is 7.58. The number of nitrogens with zero attached hydrogens (tertiary/aromatic N) is 1. The fourth-order valence-electron chi connectivity index (χ4n) is 1.78. The summed E-state index contributed by atoms with van der Waals surface area (Å²) in [6.07, 6.45) is 1.22. The minimum Gasteiger partial charge on any atom is -1.00 e. The third-order valence-electron chi connectivity index (χ3n) is 2.90. The van der Waals surface area contributed by atoms with Gasteiger partial charge in [-0.25, -0.2) is 0 Å². The van der Waals surface area contributed by atoms with Crippen LogP contribution in [0.5, 0.6) is 0 Å². The monoisotopic (exact) mass is 337 g/mol. The fourth-order valence-corrected chi connectivity index (χ4v) is 3.92. The van der Waals surface area contributed by atoms with Crippen molar-refractivity contribution in [3.63, 3.8) is 0 Å². The molecule has 0 amide bonds. The van der Waals surface area contributed by atoms with Gasteiger partial charge in [-0.2, -0.15) is 0 Å². The molecule has 0 atom stereocenters. The molecule has 0 radical (unpaired) electrons. The van der Waals surface area contributed by atoms with Crippen LogP contribution in [0.4, 0.5) is 0 Å². The standard InChI is InChI=1S/C7H17NO7P2.2Na.2H/c9-7(16(10,11)12,17(13,14)15)3-6-8-4-1-2-5-8;;;;/h9H,1-6H2,(H2,10,11,12)(H2,13,14,15);;;;/q;2*+1;2*-1. The molecule has 0 unspecified atom stereocenters. The van der Waals surface area contributed by atoms with Crippen LogP contribution in [0.15, 0.2) is 0 Å². The first-order valence-electron chi connectivity index (χ1n) is 5.14. The molecule has 8 nitrogen and oxygen atoms in total. The van der Waals surface area contributed by atoms with E-state index in [1.54, 1.807) is 4.90 Å². The Morgan fingerprint density at radius 1 is 1.00 bits per heavy atom. The Bertz CT molecular complexity index is 352. The van der Waals surface area contributed by atoms with Crippen LogP contribution in [0, 0.1) is 0 Å². The van der Waals surface area contributed by atoms with Gasteiger partial charge in [0, 0.05) is 13.0 Å². The molecule has 0 spiro atoms. The summed E-state index contributed by atoms with van der Waals surface area (Å²) in [5, 5.41) is 6.32. The predicted octanol–water partition coefficient (Wildman–Crippen LogP) is -6.29. The van der Waals surface area contributed by atoms with Crippen molar-refractivity contribution < 1.29 is 95.8 Å². The zero-order chi connectivity index (χ0) is 13.3. The van der Waals surface area contributed by atoms with E-state index >= 15 is 0 Å². The third-order valence-corrected chi connectivity index (χ3v) is 6.77. The molecule has 1 fully saturated rings. The van der Waals surface area contributed by atoms with E-state index in [1.165, 1.54) is 0 Å². The second-order valence-corrected chi connectivity index (χ2v) is 8.17. The van der Waals surface area contributed by atoms with Crippen LogP contribution in [0.3, 0.4) is 0 Å². The van der Waals surface area contributed by atoms with Crippen LogP contribution < -0.4 is 59.1 Å². The second-order valence-electron chi connectivity index (χ2n) is 4.16. The van der Waals surface area contributed by atoms with E-state index in [1.807, 2.05) is 0 Å². The van der Waals surface area contributed by atoms with Gasteiger partial charge in [0.2, 0.25) is 0 Å². The van der Waals surface area contributed by atoms with Crippen molar-refractivity contribution in [3.8, 4) is 0 Å². The molecule has 0 aromatic heterocycles. The van der Waals surface area contributed by atoms with E-state index < -0.39 is 26.7 Å². The Hall–Kier alpha value is 2.22. The van der Waals surface area contributed by atoms with Crippen LogP contribution >= 0.6 is 15.2 Å². The minimum absolute atomic E-state index is 0. The molecule has 0 bridgehead atoms. The number of hydrogen-bond acceptors (Lipinski definition) is 4. The fraction of sp³-hybridized carbons (Fsp3) is 1.00. The molecule has 0 aromatic carbocycles. The van der Waals surface area contributed by atoms with Crippen molar-refractivity contribution in [2.24, 2.45) is 0 Å². The first kappa shape index (κ1) is 23.5. The Labute approximate surface area is 158 Å². The summed E-state index contributed by atoms with van der Waals surface area (Å²) >= 11 is 0. The van der Waals surface area contributed by atoms with E-state index in [0.29, 0.717) is 13.1 Å². The summed E-state index contributed by atoms with van der Waals surface area (Å²) in [4.78, 5) is 37.4. The van der Waals surface area contributed by atoms with Gasteiger partial charge in [0.05, 0.1) is 0 Å². The number of likely N-dealkylation sites (tertiary alicyclic amines) is 1. The average molecular weight is 337 g/mol. The van der Waals surface area contributed by atoms with Gasteiger partial charge in [0.1, 0.15) is 0 Å². The first-order valence-corrected chi connectivity index (χ1v) is 8.36. The molecule has 0 aromatic rings. The maximum Gasteiger partial charge on any atom is 1.00 e. The molecule has 12 heteroatoms. The van der Waals surface area contributed by atoms with Crippen LogP contribution in [0.2, 0.25) is 0 Å². The molecular weight excluding hydrogens is 318 g/mol. The van der Waals surface area contributed by atoms with E-state index in [0.717, 1.165) is 12.8 Å². The van der Waals surface area contributed by atoms with Gasteiger partial charge in [0.25, 0.3) is 5.08 Å². The minimum atomic E-state index is -5.30. The van der Waals surface area contributed by atoms with Crippen LogP contribution in [0.25, 0.3) is 0 Å². The third kappa shape index (κ3) is 6.08. The van der Waals surface area contributed by atoms with Crippen molar-refractivity contribution in [1.29, 1.82) is 0 Å². The summed E-state index contributed by atoms with van der Waals surface area (Å²) in [5.41, 5.74) is 0. The quantitative estimate of drug-likeness (QED) is 0.247. The van der Waals surface area contributed by atoms with E-state index in [2.05, 4.69) is 0 Å². The molecule has 1 saturated heterocycles. The normalized spacial score (nSPS) is 17.7. The molecule has 19 heavy (non-hydrogen) atoms. The summed E-state index contributed by atoms with van der Waals surface area (Å²) in [6.45, 7) is 1.46. The molecular formula is C7H19NNa2O7P2. The van der Waals surface area contributed by atoms with Crippen molar-refractivity contribution >= 4 is 15.2 Å². The SMILES string of the molecule is O=P(O)(O)C(O)(CCN1CCCC1)P(=O)(O)O.[H-].[H-].[Na+].[Na+]. The second kappa shape index (κ2) is 8.75. The van der Waals surface area contributed by atoms with Gasteiger partial charge in [-0.1, -0.05) is 0 Å². The van der Waals surface area contributed by atoms with Crippen molar-refractivity contribution in [3.05, 3.63) is 0 Å². The largest absolute Gasteiger partial charge is 1.00 e. The van der Waals surface area contributed by atoms with Gasteiger partial charge in [-0.15, -0.1) is 0 Å². The molecule has 0 saturated carbocycles. The summed E-state index contributed by atoms with van der Waals surface area (Å²) in [7, 11) is -10.6. The zero-order valence-electron chi connectivity index (χ0n) is 13.1.